The molecule has 0 radical (unpaired) electrons. The van der Waals surface area contributed by atoms with Crippen LogP contribution in [0.2, 0.25) is 0 Å². The molecule has 0 fully saturated rings. The molecule has 3 rings (SSSR count). The van der Waals surface area contributed by atoms with E-state index < -0.39 is 0 Å². The van der Waals surface area contributed by atoms with E-state index >= 15 is 0 Å². The Kier molecular flexibility index (Phi) is 0.888. The molecule has 1 heterocycles. The van der Waals surface area contributed by atoms with Gasteiger partial charge in [-0.2, -0.15) is 0 Å². The fourth-order valence-electron chi connectivity index (χ4n) is 1.46. The van der Waals surface area contributed by atoms with Crippen molar-refractivity contribution < 1.29 is 4.42 Å². The van der Waals surface area contributed by atoms with Gasteiger partial charge in [-0.15, -0.1) is 0 Å². The van der Waals surface area contributed by atoms with E-state index in [1.165, 1.54) is 0 Å². The summed E-state index contributed by atoms with van der Waals surface area (Å²) in [6, 6.07) is 7.36. The fourth-order valence-corrected chi connectivity index (χ4v) is 1.46. The second-order valence-electron chi connectivity index (χ2n) is 3.01. The Morgan fingerprint density at radius 1 is 1.25 bits per heavy atom. The second-order valence-corrected chi connectivity index (χ2v) is 3.01. The van der Waals surface area contributed by atoms with Gasteiger partial charge in [-0.05, 0) is 12.1 Å². The molecule has 0 saturated heterocycles. The maximum absolute atomic E-state index is 11.5. The van der Waals surface area contributed by atoms with Crippen molar-refractivity contribution in [2.75, 3.05) is 0 Å². The molecule has 58 valence electrons. The third-order valence-electron chi connectivity index (χ3n) is 2.19. The van der Waals surface area contributed by atoms with Crippen LogP contribution < -0.4 is 5.43 Å². The van der Waals surface area contributed by atoms with Gasteiger partial charge in [-0.3, -0.25) is 4.79 Å². The summed E-state index contributed by atoms with van der Waals surface area (Å²) >= 11 is 0. The van der Waals surface area contributed by atoms with Crippen LogP contribution in [0.5, 0.6) is 0 Å². The minimum Gasteiger partial charge on any atom is -0.460 e. The van der Waals surface area contributed by atoms with Gasteiger partial charge in [0.1, 0.15) is 11.3 Å². The molecular formula is C10H6O2. The van der Waals surface area contributed by atoms with Gasteiger partial charge in [0, 0.05) is 12.0 Å². The molecule has 0 amide bonds. The quantitative estimate of drug-likeness (QED) is 0.498. The predicted octanol–water partition coefficient (Wildman–Crippen LogP) is 1.70. The van der Waals surface area contributed by atoms with Gasteiger partial charge in [0.25, 0.3) is 0 Å². The summed E-state index contributed by atoms with van der Waals surface area (Å²) in [5.74, 6) is 0.860. The number of hydrogen-bond acceptors (Lipinski definition) is 2. The summed E-state index contributed by atoms with van der Waals surface area (Å²) in [4.78, 5) is 11.5. The Bertz CT molecular complexity index is 523. The van der Waals surface area contributed by atoms with E-state index in [4.69, 9.17) is 4.42 Å². The first kappa shape index (κ1) is 6.00. The fraction of sp³-hybridized carbons (Fsp3) is 0.100. The lowest BCUT2D eigenvalue weighted by Crippen LogP contribution is -1.98. The van der Waals surface area contributed by atoms with Crippen molar-refractivity contribution in [3.8, 4) is 0 Å². The Morgan fingerprint density at radius 2 is 2.08 bits per heavy atom. The highest BCUT2D eigenvalue weighted by Crippen LogP contribution is 2.27. The van der Waals surface area contributed by atoms with Crippen LogP contribution in [-0.2, 0) is 6.42 Å². The Balaban J connectivity index is 2.63. The van der Waals surface area contributed by atoms with Crippen molar-refractivity contribution in [2.24, 2.45) is 0 Å². The Morgan fingerprint density at radius 3 is 3.00 bits per heavy atom. The molecule has 0 bridgehead atoms. The van der Waals surface area contributed by atoms with Gasteiger partial charge in [-0.25, -0.2) is 0 Å². The molecular weight excluding hydrogens is 152 g/mol. The molecule has 1 aliphatic carbocycles. The van der Waals surface area contributed by atoms with Gasteiger partial charge in [0.15, 0.2) is 5.43 Å². The summed E-state index contributed by atoms with van der Waals surface area (Å²) in [6.45, 7) is 0. The first-order valence-corrected chi connectivity index (χ1v) is 3.90. The molecule has 1 aliphatic rings. The topological polar surface area (TPSA) is 30.2 Å². The maximum Gasteiger partial charge on any atom is 0.196 e. The van der Waals surface area contributed by atoms with E-state index in [1.54, 1.807) is 6.07 Å². The molecule has 2 aromatic rings. The molecule has 0 saturated carbocycles. The van der Waals surface area contributed by atoms with E-state index in [2.05, 4.69) is 0 Å². The molecule has 0 atom stereocenters. The van der Waals surface area contributed by atoms with E-state index in [9.17, 15) is 4.79 Å². The number of hydrogen-bond donors (Lipinski definition) is 0. The average Bonchev–Trinajstić information content (AvgIpc) is 2.84. The molecule has 0 N–H and O–H groups in total. The van der Waals surface area contributed by atoms with Crippen molar-refractivity contribution >= 4 is 11.0 Å². The van der Waals surface area contributed by atoms with Crippen LogP contribution in [0, 0.1) is 0 Å². The highest BCUT2D eigenvalue weighted by atomic mass is 16.3. The molecule has 12 heavy (non-hydrogen) atoms. The minimum absolute atomic E-state index is 0.145. The van der Waals surface area contributed by atoms with Crippen LogP contribution in [-0.4, -0.2) is 0 Å². The normalized spacial score (nSPS) is 13.0. The van der Waals surface area contributed by atoms with Crippen LogP contribution in [0.1, 0.15) is 11.3 Å². The van der Waals surface area contributed by atoms with Crippen molar-refractivity contribution in [2.45, 2.75) is 6.42 Å². The predicted molar refractivity (Wildman–Crippen MR) is 45.3 cm³/mol. The van der Waals surface area contributed by atoms with Crippen molar-refractivity contribution in [3.05, 3.63) is 45.8 Å². The van der Waals surface area contributed by atoms with Crippen molar-refractivity contribution in [1.82, 2.24) is 0 Å². The Hall–Kier alpha value is -1.57. The van der Waals surface area contributed by atoms with Gasteiger partial charge in [-0.1, -0.05) is 12.1 Å². The molecule has 0 aliphatic heterocycles. The lowest BCUT2D eigenvalue weighted by atomic mass is 10.2. The zero-order valence-corrected chi connectivity index (χ0v) is 6.33. The van der Waals surface area contributed by atoms with Crippen LogP contribution in [0.3, 0.4) is 0 Å². The number of benzene rings is 1. The molecule has 2 nitrogen and oxygen atoms in total. The zero-order valence-electron chi connectivity index (χ0n) is 6.33. The van der Waals surface area contributed by atoms with E-state index in [0.717, 1.165) is 17.7 Å². The monoisotopic (exact) mass is 158 g/mol. The van der Waals surface area contributed by atoms with Gasteiger partial charge < -0.3 is 4.42 Å². The van der Waals surface area contributed by atoms with Crippen LogP contribution in [0.4, 0.5) is 0 Å². The smallest absolute Gasteiger partial charge is 0.196 e. The van der Waals surface area contributed by atoms with E-state index in [1.807, 2.05) is 18.2 Å². The second kappa shape index (κ2) is 1.78. The Labute approximate surface area is 68.4 Å². The standard InChI is InChI=1S/C10H6O2/c11-10-6-3-1-2-4-8(6)12-9-5-7(9)10/h1-4H,5H2. The average molecular weight is 158 g/mol. The summed E-state index contributed by atoms with van der Waals surface area (Å²) in [5, 5.41) is 0.703. The van der Waals surface area contributed by atoms with Crippen molar-refractivity contribution in [1.29, 1.82) is 0 Å². The van der Waals surface area contributed by atoms with E-state index in [0.29, 0.717) is 11.0 Å². The molecule has 1 aromatic heterocycles. The largest absolute Gasteiger partial charge is 0.460 e. The van der Waals surface area contributed by atoms with Gasteiger partial charge in [0.05, 0.1) is 5.39 Å². The first-order chi connectivity index (χ1) is 5.86. The maximum atomic E-state index is 11.5. The van der Waals surface area contributed by atoms with Gasteiger partial charge in [0.2, 0.25) is 0 Å². The van der Waals surface area contributed by atoms with Crippen LogP contribution in [0.25, 0.3) is 11.0 Å². The summed E-state index contributed by atoms with van der Waals surface area (Å²) in [5.41, 5.74) is 1.71. The molecule has 0 spiro atoms. The lowest BCUT2D eigenvalue weighted by molar-refractivity contribution is 0.591. The summed E-state index contributed by atoms with van der Waals surface area (Å²) < 4.78 is 5.44. The third kappa shape index (κ3) is 0.619. The highest BCUT2D eigenvalue weighted by Gasteiger charge is 2.25. The molecule has 0 unspecified atom stereocenters. The third-order valence-corrected chi connectivity index (χ3v) is 2.19. The minimum atomic E-state index is 0.145. The summed E-state index contributed by atoms with van der Waals surface area (Å²) in [7, 11) is 0. The van der Waals surface area contributed by atoms with Crippen molar-refractivity contribution in [3.63, 3.8) is 0 Å². The SMILES string of the molecule is O=c1c2c(oc3ccccc13)C2. The van der Waals surface area contributed by atoms with E-state index in [-0.39, 0.29) is 5.43 Å². The molecule has 1 aromatic carbocycles. The highest BCUT2D eigenvalue weighted by molar-refractivity contribution is 5.78. The van der Waals surface area contributed by atoms with Crippen LogP contribution in [0.15, 0.2) is 33.5 Å². The molecule has 2 heteroatoms. The van der Waals surface area contributed by atoms with Crippen LogP contribution >= 0.6 is 0 Å². The summed E-state index contributed by atoms with van der Waals surface area (Å²) in [6.07, 6.45) is 0.744. The van der Waals surface area contributed by atoms with Gasteiger partial charge >= 0.3 is 0 Å². The number of fused-ring (bicyclic) bond motifs is 2. The number of rotatable bonds is 0. The lowest BCUT2D eigenvalue weighted by Gasteiger charge is -1.91. The zero-order chi connectivity index (χ0) is 8.13. The first-order valence-electron chi connectivity index (χ1n) is 3.90. The number of para-hydroxylation sites is 1.